The van der Waals surface area contributed by atoms with Crippen molar-refractivity contribution >= 4 is 52.3 Å². The molecule has 0 aliphatic heterocycles. The third-order valence-electron chi connectivity index (χ3n) is 3.43. The SMILES string of the molecule is COC(=O)c1ccccc1Nc1ccnc(Nc2cc(Cl)ccc2Cl)n1. The van der Waals surface area contributed by atoms with Gasteiger partial charge < -0.3 is 15.4 Å². The third-order valence-corrected chi connectivity index (χ3v) is 3.99. The number of rotatable bonds is 5. The van der Waals surface area contributed by atoms with Gasteiger partial charge in [-0.2, -0.15) is 4.98 Å². The largest absolute Gasteiger partial charge is 0.465 e. The minimum Gasteiger partial charge on any atom is -0.465 e. The first-order chi connectivity index (χ1) is 12.6. The standard InChI is InChI=1S/C18H14Cl2N4O2/c1-26-17(25)12-4-2-3-5-14(12)22-16-8-9-21-18(24-16)23-15-10-11(19)6-7-13(15)20/h2-10H,1H3,(H2,21,22,23,24). The second-order valence-corrected chi connectivity index (χ2v) is 6.02. The van der Waals surface area contributed by atoms with Crippen LogP contribution in [0.4, 0.5) is 23.1 Å². The van der Waals surface area contributed by atoms with E-state index in [1.807, 2.05) is 0 Å². The molecular weight excluding hydrogens is 375 g/mol. The Kier molecular flexibility index (Phi) is 5.55. The smallest absolute Gasteiger partial charge is 0.339 e. The van der Waals surface area contributed by atoms with Gasteiger partial charge in [-0.25, -0.2) is 9.78 Å². The molecular formula is C18H14Cl2N4O2. The topological polar surface area (TPSA) is 76.1 Å². The van der Waals surface area contributed by atoms with Crippen LogP contribution in [0.3, 0.4) is 0 Å². The molecule has 0 aliphatic rings. The maximum atomic E-state index is 11.9. The van der Waals surface area contributed by atoms with Crippen LogP contribution in [0.15, 0.2) is 54.7 Å². The lowest BCUT2D eigenvalue weighted by atomic mass is 10.2. The summed E-state index contributed by atoms with van der Waals surface area (Å²) in [7, 11) is 1.33. The van der Waals surface area contributed by atoms with Crippen molar-refractivity contribution < 1.29 is 9.53 Å². The van der Waals surface area contributed by atoms with Gasteiger partial charge in [0.05, 0.1) is 29.1 Å². The highest BCUT2D eigenvalue weighted by Gasteiger charge is 2.12. The zero-order valence-corrected chi connectivity index (χ0v) is 15.2. The average molecular weight is 389 g/mol. The molecule has 1 aromatic heterocycles. The van der Waals surface area contributed by atoms with Crippen LogP contribution in [0.25, 0.3) is 0 Å². The van der Waals surface area contributed by atoms with Gasteiger partial charge in [0.2, 0.25) is 5.95 Å². The maximum absolute atomic E-state index is 11.9. The molecule has 2 N–H and O–H groups in total. The van der Waals surface area contributed by atoms with Crippen LogP contribution in [0.5, 0.6) is 0 Å². The van der Waals surface area contributed by atoms with Gasteiger partial charge in [-0.15, -0.1) is 0 Å². The molecule has 0 bridgehead atoms. The third kappa shape index (κ3) is 4.22. The number of ether oxygens (including phenoxy) is 1. The van der Waals surface area contributed by atoms with Crippen LogP contribution in [0.1, 0.15) is 10.4 Å². The fraction of sp³-hybridized carbons (Fsp3) is 0.0556. The van der Waals surface area contributed by atoms with E-state index in [1.165, 1.54) is 7.11 Å². The van der Waals surface area contributed by atoms with Crippen LogP contribution in [0.2, 0.25) is 10.0 Å². The zero-order valence-electron chi connectivity index (χ0n) is 13.7. The average Bonchev–Trinajstić information content (AvgIpc) is 2.65. The van der Waals surface area contributed by atoms with Crippen molar-refractivity contribution in [1.82, 2.24) is 9.97 Å². The number of hydrogen-bond donors (Lipinski definition) is 2. The Hall–Kier alpha value is -2.83. The van der Waals surface area contributed by atoms with Crippen LogP contribution in [-0.4, -0.2) is 23.0 Å². The number of benzene rings is 2. The Bertz CT molecular complexity index is 950. The normalized spacial score (nSPS) is 10.3. The molecule has 0 radical (unpaired) electrons. The Morgan fingerprint density at radius 2 is 1.85 bits per heavy atom. The predicted molar refractivity (Wildman–Crippen MR) is 103 cm³/mol. The summed E-state index contributed by atoms with van der Waals surface area (Å²) in [4.78, 5) is 20.4. The molecule has 3 aromatic rings. The first-order valence-electron chi connectivity index (χ1n) is 7.56. The van der Waals surface area contributed by atoms with E-state index in [2.05, 4.69) is 20.6 Å². The summed E-state index contributed by atoms with van der Waals surface area (Å²) in [5, 5.41) is 7.14. The van der Waals surface area contributed by atoms with Crippen molar-refractivity contribution in [3.8, 4) is 0 Å². The number of carbonyl (C=O) groups excluding carboxylic acids is 1. The fourth-order valence-electron chi connectivity index (χ4n) is 2.22. The summed E-state index contributed by atoms with van der Waals surface area (Å²) >= 11 is 12.1. The molecule has 26 heavy (non-hydrogen) atoms. The summed E-state index contributed by atoms with van der Waals surface area (Å²) < 4.78 is 4.79. The predicted octanol–water partition coefficient (Wildman–Crippen LogP) is 5.06. The van der Waals surface area contributed by atoms with Gasteiger partial charge in [-0.3, -0.25) is 0 Å². The summed E-state index contributed by atoms with van der Waals surface area (Å²) in [6.45, 7) is 0. The molecule has 0 aliphatic carbocycles. The number of aromatic nitrogens is 2. The van der Waals surface area contributed by atoms with Crippen LogP contribution < -0.4 is 10.6 Å². The zero-order chi connectivity index (χ0) is 18.5. The lowest BCUT2D eigenvalue weighted by molar-refractivity contribution is 0.0602. The number of carbonyl (C=O) groups is 1. The second kappa shape index (κ2) is 8.03. The highest BCUT2D eigenvalue weighted by Crippen LogP contribution is 2.28. The van der Waals surface area contributed by atoms with Crippen LogP contribution in [-0.2, 0) is 4.74 Å². The van der Waals surface area contributed by atoms with Gasteiger partial charge in [0.15, 0.2) is 0 Å². The lowest BCUT2D eigenvalue weighted by Crippen LogP contribution is -2.06. The first kappa shape index (κ1) is 18.0. The quantitative estimate of drug-likeness (QED) is 0.595. The summed E-state index contributed by atoms with van der Waals surface area (Å²) in [5.74, 6) is 0.387. The minimum absolute atomic E-state index is 0.328. The Labute approximate surface area is 160 Å². The van der Waals surface area contributed by atoms with E-state index in [0.717, 1.165) is 0 Å². The van der Waals surface area contributed by atoms with Gasteiger partial charge in [-0.1, -0.05) is 35.3 Å². The number of nitrogens with zero attached hydrogens (tertiary/aromatic N) is 2. The van der Waals surface area contributed by atoms with E-state index in [4.69, 9.17) is 27.9 Å². The van der Waals surface area contributed by atoms with E-state index in [0.29, 0.717) is 38.7 Å². The molecule has 0 fully saturated rings. The molecule has 0 saturated carbocycles. The summed E-state index contributed by atoms with van der Waals surface area (Å²) in [6.07, 6.45) is 1.58. The molecule has 0 saturated heterocycles. The monoisotopic (exact) mass is 388 g/mol. The Balaban J connectivity index is 1.85. The minimum atomic E-state index is -0.439. The van der Waals surface area contributed by atoms with Crippen molar-refractivity contribution in [2.75, 3.05) is 17.7 Å². The number of esters is 1. The van der Waals surface area contributed by atoms with Gasteiger partial charge in [-0.05, 0) is 36.4 Å². The number of anilines is 4. The molecule has 132 valence electrons. The summed E-state index contributed by atoms with van der Waals surface area (Å²) in [6, 6.07) is 13.7. The first-order valence-corrected chi connectivity index (χ1v) is 8.32. The maximum Gasteiger partial charge on any atom is 0.339 e. The van der Waals surface area contributed by atoms with E-state index in [9.17, 15) is 4.79 Å². The van der Waals surface area contributed by atoms with Gasteiger partial charge in [0.1, 0.15) is 5.82 Å². The van der Waals surface area contributed by atoms with Crippen molar-refractivity contribution in [3.63, 3.8) is 0 Å². The summed E-state index contributed by atoms with van der Waals surface area (Å²) in [5.41, 5.74) is 1.57. The Morgan fingerprint density at radius 1 is 1.04 bits per heavy atom. The van der Waals surface area contributed by atoms with E-state index >= 15 is 0 Å². The van der Waals surface area contributed by atoms with Gasteiger partial charge in [0, 0.05) is 11.2 Å². The highest BCUT2D eigenvalue weighted by molar-refractivity contribution is 6.35. The second-order valence-electron chi connectivity index (χ2n) is 5.18. The van der Waals surface area contributed by atoms with E-state index < -0.39 is 5.97 Å². The molecule has 0 spiro atoms. The van der Waals surface area contributed by atoms with Crippen LogP contribution >= 0.6 is 23.2 Å². The highest BCUT2D eigenvalue weighted by atomic mass is 35.5. The van der Waals surface area contributed by atoms with Crippen LogP contribution in [0, 0.1) is 0 Å². The molecule has 0 atom stereocenters. The van der Waals surface area contributed by atoms with Crippen molar-refractivity contribution in [1.29, 1.82) is 0 Å². The molecule has 0 unspecified atom stereocenters. The number of para-hydroxylation sites is 1. The van der Waals surface area contributed by atoms with Crippen molar-refractivity contribution in [2.45, 2.75) is 0 Å². The number of hydrogen-bond acceptors (Lipinski definition) is 6. The number of methoxy groups -OCH3 is 1. The molecule has 8 heteroatoms. The van der Waals surface area contributed by atoms with Crippen molar-refractivity contribution in [3.05, 3.63) is 70.3 Å². The molecule has 3 rings (SSSR count). The molecule has 1 heterocycles. The van der Waals surface area contributed by atoms with Gasteiger partial charge in [0.25, 0.3) is 0 Å². The lowest BCUT2D eigenvalue weighted by Gasteiger charge is -2.11. The van der Waals surface area contributed by atoms with E-state index in [1.54, 1.807) is 54.7 Å². The molecule has 6 nitrogen and oxygen atoms in total. The van der Waals surface area contributed by atoms with E-state index in [-0.39, 0.29) is 0 Å². The van der Waals surface area contributed by atoms with Gasteiger partial charge >= 0.3 is 5.97 Å². The fourth-order valence-corrected chi connectivity index (χ4v) is 2.56. The Morgan fingerprint density at radius 3 is 2.65 bits per heavy atom. The molecule has 0 amide bonds. The van der Waals surface area contributed by atoms with Crippen molar-refractivity contribution in [2.24, 2.45) is 0 Å². The number of halogens is 2. The molecule has 2 aromatic carbocycles. The number of nitrogens with one attached hydrogen (secondary N) is 2.